The van der Waals surface area contributed by atoms with Crippen LogP contribution in [0.1, 0.15) is 25.1 Å². The van der Waals surface area contributed by atoms with Crippen LogP contribution in [-0.4, -0.2) is 45.3 Å². The van der Waals surface area contributed by atoms with Crippen molar-refractivity contribution in [2.24, 2.45) is 0 Å². The van der Waals surface area contributed by atoms with Crippen LogP contribution in [0.2, 0.25) is 0 Å². The first-order valence-electron chi connectivity index (χ1n) is 9.28. The lowest BCUT2D eigenvalue weighted by Crippen LogP contribution is -2.35. The molecular weight excluding hydrogens is 396 g/mol. The van der Waals surface area contributed by atoms with Crippen LogP contribution < -0.4 is 5.32 Å². The molecule has 0 radical (unpaired) electrons. The summed E-state index contributed by atoms with van der Waals surface area (Å²) in [5.41, 5.74) is 0.596. The predicted molar refractivity (Wildman–Crippen MR) is 106 cm³/mol. The fourth-order valence-electron chi connectivity index (χ4n) is 3.41. The number of anilines is 1. The number of nitrogens with zero attached hydrogens (tertiary/aromatic N) is 5. The number of benzene rings is 1. The van der Waals surface area contributed by atoms with Gasteiger partial charge in [-0.05, 0) is 37.1 Å². The Morgan fingerprint density at radius 2 is 1.90 bits per heavy atom. The average molecular weight is 416 g/mol. The van der Waals surface area contributed by atoms with Crippen molar-refractivity contribution in [2.75, 3.05) is 18.4 Å². The first-order valence-corrected chi connectivity index (χ1v) is 10.7. The number of nitro benzene ring substituents is 1. The molecule has 1 aliphatic rings. The van der Waals surface area contributed by atoms with Crippen LogP contribution in [0.3, 0.4) is 0 Å². The fourth-order valence-corrected chi connectivity index (χ4v) is 4.95. The predicted octanol–water partition coefficient (Wildman–Crippen LogP) is 2.42. The summed E-state index contributed by atoms with van der Waals surface area (Å²) in [6.45, 7) is 1.08. The molecule has 152 valence electrons. The Kier molecular flexibility index (Phi) is 5.16. The fraction of sp³-hybridized carbons (Fsp3) is 0.333. The van der Waals surface area contributed by atoms with Crippen LogP contribution >= 0.6 is 0 Å². The third kappa shape index (κ3) is 3.78. The van der Waals surface area contributed by atoms with Crippen molar-refractivity contribution >= 4 is 27.0 Å². The minimum Gasteiger partial charge on any atom is -0.372 e. The van der Waals surface area contributed by atoms with Gasteiger partial charge in [0, 0.05) is 25.4 Å². The van der Waals surface area contributed by atoms with E-state index < -0.39 is 14.9 Å². The molecule has 0 unspecified atom stereocenters. The maximum Gasteiger partial charge on any atom is 0.293 e. The quantitative estimate of drug-likeness (QED) is 0.483. The Hall–Kier alpha value is -3.05. The van der Waals surface area contributed by atoms with Gasteiger partial charge in [-0.2, -0.15) is 4.31 Å². The van der Waals surface area contributed by atoms with Gasteiger partial charge in [-0.3, -0.25) is 14.5 Å². The minimum absolute atomic E-state index is 0.0652. The van der Waals surface area contributed by atoms with Gasteiger partial charge in [0.2, 0.25) is 10.0 Å². The molecule has 0 spiro atoms. The highest BCUT2D eigenvalue weighted by Crippen LogP contribution is 2.30. The maximum atomic E-state index is 12.8. The molecule has 1 N–H and O–H groups in total. The zero-order valence-corrected chi connectivity index (χ0v) is 16.4. The van der Waals surface area contributed by atoms with Crippen LogP contribution in [-0.2, 0) is 16.6 Å². The number of aromatic nitrogens is 3. The van der Waals surface area contributed by atoms with Crippen molar-refractivity contribution in [3.05, 3.63) is 58.5 Å². The number of hydrogen-bond donors (Lipinski definition) is 1. The summed E-state index contributed by atoms with van der Waals surface area (Å²) in [7, 11) is -3.75. The molecule has 4 rings (SSSR count). The van der Waals surface area contributed by atoms with Gasteiger partial charge in [0.25, 0.3) is 5.69 Å². The van der Waals surface area contributed by atoms with Crippen molar-refractivity contribution in [1.29, 1.82) is 0 Å². The van der Waals surface area contributed by atoms with Crippen LogP contribution in [0.15, 0.2) is 47.5 Å². The van der Waals surface area contributed by atoms with Crippen molar-refractivity contribution < 1.29 is 13.3 Å². The number of hydrogen-bond acceptors (Lipinski definition) is 7. The lowest BCUT2D eigenvalue weighted by atomic mass is 10.2. The molecule has 0 atom stereocenters. The SMILES string of the molecule is O=[N+]([O-])c1cc(S(=O)(=O)N2CCCCC2)ccc1NCc1nnc2ccccn12. The molecule has 0 saturated carbocycles. The summed E-state index contributed by atoms with van der Waals surface area (Å²) >= 11 is 0. The summed E-state index contributed by atoms with van der Waals surface area (Å²) in [6, 6.07) is 9.43. The molecule has 2 aromatic heterocycles. The van der Waals surface area contributed by atoms with Gasteiger partial charge in [0.1, 0.15) is 5.69 Å². The second-order valence-electron chi connectivity index (χ2n) is 6.80. The van der Waals surface area contributed by atoms with Gasteiger partial charge in [-0.25, -0.2) is 8.42 Å². The van der Waals surface area contributed by atoms with E-state index in [0.717, 1.165) is 25.3 Å². The van der Waals surface area contributed by atoms with E-state index in [0.29, 0.717) is 24.6 Å². The molecule has 11 heteroatoms. The van der Waals surface area contributed by atoms with E-state index in [1.807, 2.05) is 12.1 Å². The first-order chi connectivity index (χ1) is 14.0. The number of nitrogens with one attached hydrogen (secondary N) is 1. The summed E-state index contributed by atoms with van der Waals surface area (Å²) in [5, 5.41) is 22.7. The second-order valence-corrected chi connectivity index (χ2v) is 8.74. The molecule has 1 aromatic carbocycles. The second kappa shape index (κ2) is 7.76. The highest BCUT2D eigenvalue weighted by atomic mass is 32.2. The number of rotatable bonds is 6. The number of piperidine rings is 1. The monoisotopic (exact) mass is 416 g/mol. The Morgan fingerprint density at radius 1 is 1.10 bits per heavy atom. The molecule has 1 saturated heterocycles. The normalized spacial score (nSPS) is 15.4. The van der Waals surface area contributed by atoms with E-state index in [-0.39, 0.29) is 22.8 Å². The maximum absolute atomic E-state index is 12.8. The smallest absolute Gasteiger partial charge is 0.293 e. The lowest BCUT2D eigenvalue weighted by Gasteiger charge is -2.25. The van der Waals surface area contributed by atoms with Gasteiger partial charge in [-0.1, -0.05) is 12.5 Å². The molecular formula is C18H20N6O4S. The molecule has 1 aliphatic heterocycles. The van der Waals surface area contributed by atoms with Crippen molar-refractivity contribution in [3.8, 4) is 0 Å². The minimum atomic E-state index is -3.75. The average Bonchev–Trinajstić information content (AvgIpc) is 3.16. The Bertz CT molecular complexity index is 1150. The summed E-state index contributed by atoms with van der Waals surface area (Å²) in [5.74, 6) is 0.583. The molecule has 0 amide bonds. The highest BCUT2D eigenvalue weighted by molar-refractivity contribution is 7.89. The van der Waals surface area contributed by atoms with E-state index in [1.54, 1.807) is 16.7 Å². The summed E-state index contributed by atoms with van der Waals surface area (Å²) in [6.07, 6.45) is 4.39. The summed E-state index contributed by atoms with van der Waals surface area (Å²) in [4.78, 5) is 10.9. The zero-order valence-electron chi connectivity index (χ0n) is 15.6. The third-order valence-electron chi connectivity index (χ3n) is 4.94. The Morgan fingerprint density at radius 3 is 2.66 bits per heavy atom. The van der Waals surface area contributed by atoms with Gasteiger partial charge in [0.05, 0.1) is 16.4 Å². The summed E-state index contributed by atoms with van der Waals surface area (Å²) < 4.78 is 28.8. The standard InChI is InChI=1S/C18H20N6O4S/c25-24(26)16-12-14(29(27,28)22-9-3-1-4-10-22)7-8-15(16)19-13-18-21-20-17-6-2-5-11-23(17)18/h2,5-8,11-12,19H,1,3-4,9-10,13H2. The topological polar surface area (TPSA) is 123 Å². The van der Waals surface area contributed by atoms with Crippen molar-refractivity contribution in [2.45, 2.75) is 30.7 Å². The van der Waals surface area contributed by atoms with Gasteiger partial charge in [0.15, 0.2) is 11.5 Å². The van der Waals surface area contributed by atoms with E-state index >= 15 is 0 Å². The lowest BCUT2D eigenvalue weighted by molar-refractivity contribution is -0.384. The Labute approximate surface area is 167 Å². The third-order valence-corrected chi connectivity index (χ3v) is 6.83. The molecule has 3 heterocycles. The molecule has 10 nitrogen and oxygen atoms in total. The van der Waals surface area contributed by atoms with E-state index in [4.69, 9.17) is 0 Å². The number of sulfonamides is 1. The first kappa shape index (κ1) is 19.3. The van der Waals surface area contributed by atoms with Crippen LogP contribution in [0, 0.1) is 10.1 Å². The number of nitro groups is 1. The molecule has 29 heavy (non-hydrogen) atoms. The zero-order chi connectivity index (χ0) is 20.4. The van der Waals surface area contributed by atoms with Crippen molar-refractivity contribution in [3.63, 3.8) is 0 Å². The largest absolute Gasteiger partial charge is 0.372 e. The van der Waals surface area contributed by atoms with Crippen LogP contribution in [0.25, 0.3) is 5.65 Å². The molecule has 1 fully saturated rings. The van der Waals surface area contributed by atoms with Gasteiger partial charge < -0.3 is 5.32 Å². The van der Waals surface area contributed by atoms with Crippen LogP contribution in [0.5, 0.6) is 0 Å². The van der Waals surface area contributed by atoms with E-state index in [1.165, 1.54) is 16.4 Å². The van der Waals surface area contributed by atoms with Gasteiger partial charge >= 0.3 is 0 Å². The van der Waals surface area contributed by atoms with Crippen LogP contribution in [0.4, 0.5) is 11.4 Å². The van der Waals surface area contributed by atoms with Gasteiger partial charge in [-0.15, -0.1) is 10.2 Å². The molecule has 0 aliphatic carbocycles. The van der Waals surface area contributed by atoms with E-state index in [2.05, 4.69) is 15.5 Å². The molecule has 3 aromatic rings. The molecule has 0 bridgehead atoms. The Balaban J connectivity index is 1.60. The number of fused-ring (bicyclic) bond motifs is 1. The number of pyridine rings is 1. The highest BCUT2D eigenvalue weighted by Gasteiger charge is 2.28. The van der Waals surface area contributed by atoms with E-state index in [9.17, 15) is 18.5 Å². The van der Waals surface area contributed by atoms with Crippen molar-refractivity contribution in [1.82, 2.24) is 18.9 Å².